The monoisotopic (exact) mass is 315 g/mol. The van der Waals surface area contributed by atoms with Crippen molar-refractivity contribution >= 4 is 22.5 Å². The van der Waals surface area contributed by atoms with Crippen LogP contribution >= 0.6 is 0 Å². The molecule has 1 aromatic carbocycles. The minimum atomic E-state index is -1.69. The summed E-state index contributed by atoms with van der Waals surface area (Å²) < 4.78 is 4.92. The molecule has 1 atom stereocenters. The number of carbonyl (C=O) groups is 1. The van der Waals surface area contributed by atoms with Crippen molar-refractivity contribution < 1.29 is 19.2 Å². The lowest BCUT2D eigenvalue weighted by Gasteiger charge is -2.06. The van der Waals surface area contributed by atoms with E-state index in [4.69, 9.17) is 4.42 Å². The molecule has 2 N–H and O–H groups in total. The van der Waals surface area contributed by atoms with Gasteiger partial charge < -0.3 is 14.5 Å². The molecule has 0 aliphatic heterocycles. The number of nitro benzene ring substituents is 1. The zero-order valence-corrected chi connectivity index (χ0v) is 11.4. The number of hydrogen-bond acceptors (Lipinski definition) is 7. The van der Waals surface area contributed by atoms with E-state index in [9.17, 15) is 24.8 Å². The highest BCUT2D eigenvalue weighted by Gasteiger charge is 2.26. The molecule has 9 nitrogen and oxygen atoms in total. The number of carbonyl (C=O) groups excluding carboxylic acids is 1. The number of hydrogen-bond donors (Lipinski definition) is 2. The number of aliphatic hydroxyl groups excluding tert-OH is 1. The topological polar surface area (TPSA) is 139 Å². The number of Topliss-reactive ketones (excluding diaryl/α,β-unsaturated/α-hetero) is 1. The summed E-state index contributed by atoms with van der Waals surface area (Å²) in [5, 5.41) is 20.7. The molecule has 0 amide bonds. The van der Waals surface area contributed by atoms with Gasteiger partial charge in [-0.2, -0.15) is 0 Å². The quantitative estimate of drug-likeness (QED) is 0.420. The number of furan rings is 1. The molecule has 0 spiro atoms. The van der Waals surface area contributed by atoms with Crippen LogP contribution in [0.5, 0.6) is 0 Å². The Bertz CT molecular complexity index is 960. The van der Waals surface area contributed by atoms with E-state index in [-0.39, 0.29) is 22.5 Å². The largest absolute Gasteiger partial charge is 0.466 e. The maximum absolute atomic E-state index is 12.2. The number of rotatable bonds is 4. The summed E-state index contributed by atoms with van der Waals surface area (Å²) in [4.78, 5) is 40.6. The van der Waals surface area contributed by atoms with Crippen molar-refractivity contribution in [1.82, 2.24) is 9.97 Å². The maximum Gasteiger partial charge on any atom is 0.278 e. The molecule has 116 valence electrons. The average Bonchev–Trinajstić information content (AvgIpc) is 3.06. The number of non-ortho nitro benzene ring substituents is 1. The van der Waals surface area contributed by atoms with Gasteiger partial charge in [0.05, 0.1) is 22.2 Å². The van der Waals surface area contributed by atoms with Crippen LogP contribution in [0, 0.1) is 10.1 Å². The van der Waals surface area contributed by atoms with E-state index in [2.05, 4.69) is 9.97 Å². The Hall–Kier alpha value is -3.33. The van der Waals surface area contributed by atoms with E-state index in [1.807, 2.05) is 0 Å². The van der Waals surface area contributed by atoms with Gasteiger partial charge in [0.1, 0.15) is 5.76 Å². The molecule has 0 bridgehead atoms. The fraction of sp³-hybridized carbons (Fsp3) is 0.0714. The van der Waals surface area contributed by atoms with E-state index in [0.29, 0.717) is 0 Å². The molecule has 9 heteroatoms. The van der Waals surface area contributed by atoms with E-state index in [0.717, 1.165) is 6.07 Å². The minimum Gasteiger partial charge on any atom is -0.466 e. The number of aromatic nitrogens is 2. The van der Waals surface area contributed by atoms with Crippen LogP contribution < -0.4 is 5.56 Å². The molecule has 0 saturated heterocycles. The standard InChI is InChI=1S/C14H9N3O6/c18-12(10-2-1-5-23-10)13(19)11-14(20)16-8-4-3-7(17(21)22)6-9(8)15-11/h1-6,12,18H,(H,16,20). The first-order chi connectivity index (χ1) is 11.0. The zero-order chi connectivity index (χ0) is 16.6. The van der Waals surface area contributed by atoms with E-state index in [1.54, 1.807) is 0 Å². The number of aromatic amines is 1. The Morgan fingerprint density at radius 3 is 2.83 bits per heavy atom. The first-order valence-electron chi connectivity index (χ1n) is 6.41. The van der Waals surface area contributed by atoms with Crippen molar-refractivity contribution in [2.75, 3.05) is 0 Å². The second-order valence-electron chi connectivity index (χ2n) is 4.66. The first kappa shape index (κ1) is 14.6. The van der Waals surface area contributed by atoms with Gasteiger partial charge >= 0.3 is 0 Å². The van der Waals surface area contributed by atoms with Gasteiger partial charge in [-0.15, -0.1) is 0 Å². The van der Waals surface area contributed by atoms with Gasteiger partial charge in [0.25, 0.3) is 11.2 Å². The molecule has 2 heterocycles. The maximum atomic E-state index is 12.2. The summed E-state index contributed by atoms with van der Waals surface area (Å²) in [6, 6.07) is 6.51. The van der Waals surface area contributed by atoms with Crippen molar-refractivity contribution in [2.24, 2.45) is 0 Å². The van der Waals surface area contributed by atoms with Crippen LogP contribution in [0.2, 0.25) is 0 Å². The number of H-pyrrole nitrogens is 1. The molecule has 0 saturated carbocycles. The molecule has 1 unspecified atom stereocenters. The van der Waals surface area contributed by atoms with Crippen molar-refractivity contribution in [3.8, 4) is 0 Å². The van der Waals surface area contributed by atoms with E-state index >= 15 is 0 Å². The molecular formula is C14H9N3O6. The highest BCUT2D eigenvalue weighted by molar-refractivity contribution is 5.98. The average molecular weight is 315 g/mol. The normalized spacial score (nSPS) is 12.2. The third-order valence-corrected chi connectivity index (χ3v) is 3.18. The number of benzene rings is 1. The Morgan fingerprint density at radius 2 is 2.17 bits per heavy atom. The smallest absolute Gasteiger partial charge is 0.278 e. The fourth-order valence-corrected chi connectivity index (χ4v) is 2.06. The third kappa shape index (κ3) is 2.60. The second-order valence-corrected chi connectivity index (χ2v) is 4.66. The number of nitrogens with zero attached hydrogens (tertiary/aromatic N) is 2. The molecule has 0 aliphatic rings. The predicted molar refractivity (Wildman–Crippen MR) is 77.0 cm³/mol. The van der Waals surface area contributed by atoms with Crippen LogP contribution in [0.4, 0.5) is 5.69 Å². The van der Waals surface area contributed by atoms with Crippen molar-refractivity contribution in [1.29, 1.82) is 0 Å². The highest BCUT2D eigenvalue weighted by Crippen LogP contribution is 2.19. The van der Waals surface area contributed by atoms with Crippen LogP contribution in [0.3, 0.4) is 0 Å². The van der Waals surface area contributed by atoms with Crippen molar-refractivity contribution in [2.45, 2.75) is 6.10 Å². The van der Waals surface area contributed by atoms with Gasteiger partial charge in [-0.25, -0.2) is 4.98 Å². The highest BCUT2D eigenvalue weighted by atomic mass is 16.6. The molecule has 3 rings (SSSR count). The summed E-state index contributed by atoms with van der Waals surface area (Å²) in [7, 11) is 0. The minimum absolute atomic E-state index is 0.0321. The Kier molecular flexibility index (Phi) is 3.47. The van der Waals surface area contributed by atoms with Crippen LogP contribution in [0.25, 0.3) is 11.0 Å². The number of fused-ring (bicyclic) bond motifs is 1. The van der Waals surface area contributed by atoms with E-state index in [1.165, 1.54) is 30.5 Å². The lowest BCUT2D eigenvalue weighted by Crippen LogP contribution is -2.24. The van der Waals surface area contributed by atoms with Crippen LogP contribution in [-0.4, -0.2) is 25.8 Å². The van der Waals surface area contributed by atoms with Gasteiger partial charge in [0.2, 0.25) is 5.78 Å². The number of nitro groups is 1. The number of nitrogens with one attached hydrogen (secondary N) is 1. The summed E-state index contributed by atoms with van der Waals surface area (Å²) in [6.07, 6.45) is -0.414. The van der Waals surface area contributed by atoms with Crippen LogP contribution in [-0.2, 0) is 0 Å². The molecule has 3 aromatic rings. The molecule has 0 radical (unpaired) electrons. The molecular weight excluding hydrogens is 306 g/mol. The first-order valence-corrected chi connectivity index (χ1v) is 6.41. The predicted octanol–water partition coefficient (Wildman–Crippen LogP) is 1.34. The summed E-state index contributed by atoms with van der Waals surface area (Å²) in [5.41, 5.74) is -1.29. The number of ketones is 1. The fourth-order valence-electron chi connectivity index (χ4n) is 2.06. The van der Waals surface area contributed by atoms with Gasteiger partial charge in [-0.3, -0.25) is 19.7 Å². The Morgan fingerprint density at radius 1 is 1.39 bits per heavy atom. The van der Waals surface area contributed by atoms with Crippen LogP contribution in [0.15, 0.2) is 45.8 Å². The molecule has 2 aromatic heterocycles. The van der Waals surface area contributed by atoms with Crippen molar-refractivity contribution in [3.63, 3.8) is 0 Å². The lowest BCUT2D eigenvalue weighted by atomic mass is 10.1. The van der Waals surface area contributed by atoms with Gasteiger partial charge in [-0.05, 0) is 18.2 Å². The summed E-state index contributed by atoms with van der Waals surface area (Å²) in [5.74, 6) is -0.995. The zero-order valence-electron chi connectivity index (χ0n) is 11.4. The van der Waals surface area contributed by atoms with Gasteiger partial charge in [0.15, 0.2) is 11.8 Å². The summed E-state index contributed by atoms with van der Waals surface area (Å²) in [6.45, 7) is 0. The SMILES string of the molecule is O=C(c1nc2cc([N+](=O)[O-])ccc2[nH]c1=O)C(O)c1ccco1. The molecule has 0 aliphatic carbocycles. The van der Waals surface area contributed by atoms with Crippen LogP contribution in [0.1, 0.15) is 22.4 Å². The lowest BCUT2D eigenvalue weighted by molar-refractivity contribution is -0.384. The van der Waals surface area contributed by atoms with Gasteiger partial charge in [-0.1, -0.05) is 0 Å². The Balaban J connectivity index is 2.09. The second kappa shape index (κ2) is 5.46. The van der Waals surface area contributed by atoms with Crippen molar-refractivity contribution in [3.05, 3.63) is 68.5 Å². The molecule has 23 heavy (non-hydrogen) atoms. The Labute approximate surface area is 127 Å². The molecule has 0 fully saturated rings. The van der Waals surface area contributed by atoms with Gasteiger partial charge in [0, 0.05) is 12.1 Å². The van der Waals surface area contributed by atoms with E-state index < -0.39 is 28.1 Å². The third-order valence-electron chi connectivity index (χ3n) is 3.18. The number of aliphatic hydroxyl groups is 1. The summed E-state index contributed by atoms with van der Waals surface area (Å²) >= 11 is 0.